The number of pyridine rings is 1. The molecule has 1 heterocycles. The summed E-state index contributed by atoms with van der Waals surface area (Å²) < 4.78 is 0. The molecule has 1 aromatic carbocycles. The molecular weight excluding hydrogens is 268 g/mol. The Bertz CT molecular complexity index is 606. The fourth-order valence-electron chi connectivity index (χ4n) is 1.65. The zero-order chi connectivity index (χ0) is 14.4. The molecular formula is C16H16N2OS. The van der Waals surface area contributed by atoms with Crippen molar-refractivity contribution >= 4 is 23.2 Å². The third-order valence-electron chi connectivity index (χ3n) is 2.75. The average molecular weight is 284 g/mol. The molecule has 0 spiro atoms. The van der Waals surface area contributed by atoms with Crippen molar-refractivity contribution in [3.05, 3.63) is 71.0 Å². The van der Waals surface area contributed by atoms with Gasteiger partial charge in [-0.25, -0.2) is 0 Å². The van der Waals surface area contributed by atoms with E-state index in [0.717, 1.165) is 16.3 Å². The van der Waals surface area contributed by atoms with E-state index in [-0.39, 0.29) is 5.78 Å². The minimum Gasteiger partial charge on any atom is -0.349 e. The van der Waals surface area contributed by atoms with Crippen LogP contribution in [0, 0.1) is 6.92 Å². The van der Waals surface area contributed by atoms with Gasteiger partial charge in [-0.05, 0) is 25.3 Å². The number of hydrogen-bond donors (Lipinski definition) is 1. The first-order valence-corrected chi connectivity index (χ1v) is 7.45. The topological polar surface area (TPSA) is 42.0 Å². The minimum absolute atomic E-state index is 0.00857. The van der Waals surface area contributed by atoms with Gasteiger partial charge in [0.05, 0.1) is 16.9 Å². The van der Waals surface area contributed by atoms with Crippen molar-refractivity contribution in [3.63, 3.8) is 0 Å². The first-order valence-electron chi connectivity index (χ1n) is 6.23. The number of hydrogen-bond acceptors (Lipinski definition) is 4. The van der Waals surface area contributed by atoms with Crippen molar-refractivity contribution < 1.29 is 4.79 Å². The fraction of sp³-hybridized carbons (Fsp3) is 0.125. The van der Waals surface area contributed by atoms with Crippen molar-refractivity contribution in [3.8, 4) is 0 Å². The number of nitrogens with one attached hydrogen (secondary N) is 1. The first kappa shape index (κ1) is 14.3. The van der Waals surface area contributed by atoms with E-state index in [0.29, 0.717) is 5.56 Å². The number of ketones is 1. The summed E-state index contributed by atoms with van der Waals surface area (Å²) in [5, 5.41) is 3.98. The van der Waals surface area contributed by atoms with Crippen LogP contribution in [-0.2, 0) is 0 Å². The summed E-state index contributed by atoms with van der Waals surface area (Å²) in [6.45, 7) is 2.00. The van der Waals surface area contributed by atoms with Crippen LogP contribution in [0.15, 0.2) is 59.9 Å². The normalized spacial score (nSPS) is 11.2. The molecule has 0 radical (unpaired) electrons. The third-order valence-corrected chi connectivity index (χ3v) is 3.41. The molecule has 0 fully saturated rings. The lowest BCUT2D eigenvalue weighted by Crippen LogP contribution is -2.01. The lowest BCUT2D eigenvalue weighted by Gasteiger charge is -2.07. The highest BCUT2D eigenvalue weighted by molar-refractivity contribution is 8.02. The van der Waals surface area contributed by atoms with Gasteiger partial charge < -0.3 is 5.32 Å². The van der Waals surface area contributed by atoms with E-state index in [1.807, 2.05) is 49.6 Å². The van der Waals surface area contributed by atoms with Crippen LogP contribution in [0.3, 0.4) is 0 Å². The second-order valence-electron chi connectivity index (χ2n) is 4.31. The molecule has 0 aliphatic carbocycles. The van der Waals surface area contributed by atoms with E-state index in [1.54, 1.807) is 18.5 Å². The molecule has 0 aliphatic heterocycles. The van der Waals surface area contributed by atoms with Crippen LogP contribution in [0.25, 0.3) is 0 Å². The first-order chi connectivity index (χ1) is 9.69. The molecule has 2 aromatic rings. The summed E-state index contributed by atoms with van der Waals surface area (Å²) in [6.07, 6.45) is 6.98. The molecule has 1 aromatic heterocycles. The van der Waals surface area contributed by atoms with E-state index >= 15 is 0 Å². The van der Waals surface area contributed by atoms with E-state index in [2.05, 4.69) is 10.3 Å². The van der Waals surface area contributed by atoms with Crippen molar-refractivity contribution in [1.82, 2.24) is 4.98 Å². The average Bonchev–Trinajstić information content (AvgIpc) is 2.48. The van der Waals surface area contributed by atoms with Crippen LogP contribution >= 0.6 is 11.8 Å². The number of allylic oxidation sites excluding steroid dienone is 1. The van der Waals surface area contributed by atoms with Crippen LogP contribution < -0.4 is 5.32 Å². The maximum Gasteiger partial charge on any atom is 0.188 e. The zero-order valence-electron chi connectivity index (χ0n) is 11.5. The number of aryl methyl sites for hydroxylation is 1. The number of carbonyl (C=O) groups excluding carboxylic acids is 1. The highest BCUT2D eigenvalue weighted by atomic mass is 32.2. The summed E-state index contributed by atoms with van der Waals surface area (Å²) in [5.41, 5.74) is 2.70. The van der Waals surface area contributed by atoms with Crippen LogP contribution in [0.1, 0.15) is 15.9 Å². The van der Waals surface area contributed by atoms with Gasteiger partial charge in [0, 0.05) is 17.8 Å². The maximum atomic E-state index is 12.2. The molecule has 4 heteroatoms. The van der Waals surface area contributed by atoms with Crippen molar-refractivity contribution in [1.29, 1.82) is 0 Å². The highest BCUT2D eigenvalue weighted by Crippen LogP contribution is 2.17. The molecule has 2 rings (SSSR count). The highest BCUT2D eigenvalue weighted by Gasteiger charge is 2.05. The van der Waals surface area contributed by atoms with Gasteiger partial charge in [-0.15, -0.1) is 11.8 Å². The molecule has 0 saturated heterocycles. The monoisotopic (exact) mass is 284 g/mol. The Balaban J connectivity index is 2.14. The van der Waals surface area contributed by atoms with Gasteiger partial charge in [0.15, 0.2) is 5.78 Å². The maximum absolute atomic E-state index is 12.2. The van der Waals surface area contributed by atoms with Crippen LogP contribution in [0.5, 0.6) is 0 Å². The Morgan fingerprint density at radius 1 is 1.25 bits per heavy atom. The molecule has 0 amide bonds. The van der Waals surface area contributed by atoms with Gasteiger partial charge in [0.2, 0.25) is 0 Å². The van der Waals surface area contributed by atoms with E-state index < -0.39 is 0 Å². The van der Waals surface area contributed by atoms with Crippen LogP contribution in [-0.4, -0.2) is 17.0 Å². The number of aromatic nitrogens is 1. The Morgan fingerprint density at radius 2 is 2.00 bits per heavy atom. The van der Waals surface area contributed by atoms with Gasteiger partial charge >= 0.3 is 0 Å². The Kier molecular flexibility index (Phi) is 4.96. The smallest absolute Gasteiger partial charge is 0.188 e. The predicted molar refractivity (Wildman–Crippen MR) is 85.0 cm³/mol. The Labute approximate surface area is 123 Å². The van der Waals surface area contributed by atoms with Crippen molar-refractivity contribution in [2.24, 2.45) is 0 Å². The van der Waals surface area contributed by atoms with Gasteiger partial charge in [-0.3, -0.25) is 9.78 Å². The molecule has 0 unspecified atom stereocenters. The molecule has 102 valence electrons. The van der Waals surface area contributed by atoms with E-state index in [4.69, 9.17) is 0 Å². The molecule has 0 atom stereocenters. The number of carbonyl (C=O) groups is 1. The molecule has 0 bridgehead atoms. The van der Waals surface area contributed by atoms with Gasteiger partial charge in [-0.2, -0.15) is 0 Å². The third kappa shape index (κ3) is 3.96. The molecule has 3 nitrogen and oxygen atoms in total. The lowest BCUT2D eigenvalue weighted by molar-refractivity contribution is 0.104. The summed E-state index contributed by atoms with van der Waals surface area (Å²) in [5.74, 6) is -0.00857. The number of nitrogens with zero attached hydrogens (tertiary/aromatic N) is 1. The number of anilines is 1. The fourth-order valence-corrected chi connectivity index (χ4v) is 2.09. The molecule has 20 heavy (non-hydrogen) atoms. The van der Waals surface area contributed by atoms with E-state index in [1.165, 1.54) is 11.8 Å². The SMILES string of the molecule is CS/C(=C/C(=O)c1ccc(C)cc1)Nc1cccnc1. The molecule has 1 N–H and O–H groups in total. The second kappa shape index (κ2) is 6.91. The quantitative estimate of drug-likeness (QED) is 0.668. The summed E-state index contributed by atoms with van der Waals surface area (Å²) in [4.78, 5) is 16.2. The largest absolute Gasteiger partial charge is 0.349 e. The number of rotatable bonds is 5. The van der Waals surface area contributed by atoms with E-state index in [9.17, 15) is 4.79 Å². The molecule has 0 saturated carbocycles. The Hall–Kier alpha value is -2.07. The summed E-state index contributed by atoms with van der Waals surface area (Å²) >= 11 is 1.49. The van der Waals surface area contributed by atoms with Crippen LogP contribution in [0.4, 0.5) is 5.69 Å². The van der Waals surface area contributed by atoms with Crippen molar-refractivity contribution in [2.45, 2.75) is 6.92 Å². The standard InChI is InChI=1S/C16H16N2OS/c1-12-5-7-13(8-6-12)15(19)10-16(20-2)18-14-4-3-9-17-11-14/h3-11,18H,1-2H3/b16-10+. The molecule has 0 aliphatic rings. The van der Waals surface area contributed by atoms with Gasteiger partial charge in [-0.1, -0.05) is 29.8 Å². The van der Waals surface area contributed by atoms with Crippen molar-refractivity contribution in [2.75, 3.05) is 11.6 Å². The zero-order valence-corrected chi connectivity index (χ0v) is 12.3. The van der Waals surface area contributed by atoms with Gasteiger partial charge in [0.1, 0.15) is 0 Å². The van der Waals surface area contributed by atoms with Crippen LogP contribution in [0.2, 0.25) is 0 Å². The number of benzene rings is 1. The number of thioether (sulfide) groups is 1. The predicted octanol–water partition coefficient (Wildman–Crippen LogP) is 3.89. The lowest BCUT2D eigenvalue weighted by atomic mass is 10.1. The Morgan fingerprint density at radius 3 is 2.60 bits per heavy atom. The van der Waals surface area contributed by atoms with Gasteiger partial charge in [0.25, 0.3) is 0 Å². The summed E-state index contributed by atoms with van der Waals surface area (Å²) in [6, 6.07) is 11.3. The summed E-state index contributed by atoms with van der Waals surface area (Å²) in [7, 11) is 0. The second-order valence-corrected chi connectivity index (χ2v) is 5.16. The minimum atomic E-state index is -0.00857.